The summed E-state index contributed by atoms with van der Waals surface area (Å²) in [6, 6.07) is 14.4. The molecule has 0 aliphatic rings. The molecule has 0 saturated carbocycles. The summed E-state index contributed by atoms with van der Waals surface area (Å²) in [6.45, 7) is 6.19. The van der Waals surface area contributed by atoms with Crippen LogP contribution in [0.2, 0.25) is 5.02 Å². The number of anilines is 1. The number of halogens is 1. The van der Waals surface area contributed by atoms with Crippen molar-refractivity contribution in [2.24, 2.45) is 0 Å². The highest BCUT2D eigenvalue weighted by Crippen LogP contribution is 2.27. The van der Waals surface area contributed by atoms with Gasteiger partial charge in [-0.2, -0.15) is 0 Å². The van der Waals surface area contributed by atoms with Gasteiger partial charge in [0.25, 0.3) is 0 Å². The zero-order valence-corrected chi connectivity index (χ0v) is 18.8. The second kappa shape index (κ2) is 10.9. The molecule has 0 radical (unpaired) electrons. The second-order valence-corrected chi connectivity index (χ2v) is 7.91. The van der Waals surface area contributed by atoms with Crippen molar-refractivity contribution < 1.29 is 14.3 Å². The Labute approximate surface area is 190 Å². The lowest BCUT2D eigenvalue weighted by molar-refractivity contribution is -0.113. The SMILES string of the molecule is C=CCn1c(SCC(=O)Nc2cccc(Cl)c2)nnc1C(C)Oc1cccc(OC)c1. The Morgan fingerprint density at radius 3 is 2.77 bits per heavy atom. The van der Waals surface area contributed by atoms with E-state index in [0.717, 1.165) is 0 Å². The van der Waals surface area contributed by atoms with Crippen molar-refractivity contribution >= 4 is 35.0 Å². The fourth-order valence-corrected chi connectivity index (χ4v) is 3.78. The van der Waals surface area contributed by atoms with Crippen LogP contribution >= 0.6 is 23.4 Å². The van der Waals surface area contributed by atoms with Crippen LogP contribution in [0.5, 0.6) is 11.5 Å². The zero-order valence-electron chi connectivity index (χ0n) is 17.2. The summed E-state index contributed by atoms with van der Waals surface area (Å²) in [4.78, 5) is 12.3. The first kappa shape index (κ1) is 22.7. The molecule has 0 spiro atoms. The van der Waals surface area contributed by atoms with Gasteiger partial charge >= 0.3 is 0 Å². The van der Waals surface area contributed by atoms with Crippen LogP contribution in [0.15, 0.2) is 66.3 Å². The summed E-state index contributed by atoms with van der Waals surface area (Å²) in [5, 5.41) is 12.5. The number of nitrogens with one attached hydrogen (secondary N) is 1. The summed E-state index contributed by atoms with van der Waals surface area (Å²) in [5.41, 5.74) is 0.645. The van der Waals surface area contributed by atoms with Crippen LogP contribution in [-0.4, -0.2) is 33.5 Å². The third kappa shape index (κ3) is 6.26. The summed E-state index contributed by atoms with van der Waals surface area (Å²) in [7, 11) is 1.61. The molecule has 2 aromatic carbocycles. The molecule has 3 rings (SSSR count). The summed E-state index contributed by atoms with van der Waals surface area (Å²) in [6.07, 6.45) is 1.38. The maximum atomic E-state index is 12.3. The molecule has 1 atom stereocenters. The molecule has 1 aromatic heterocycles. The molecule has 3 aromatic rings. The fraction of sp³-hybridized carbons (Fsp3) is 0.227. The minimum Gasteiger partial charge on any atom is -0.497 e. The van der Waals surface area contributed by atoms with Gasteiger partial charge in [-0.05, 0) is 37.3 Å². The Hall–Kier alpha value is -2.97. The third-order valence-corrected chi connectivity index (χ3v) is 5.42. The van der Waals surface area contributed by atoms with Crippen LogP contribution in [0.3, 0.4) is 0 Å². The predicted molar refractivity (Wildman–Crippen MR) is 123 cm³/mol. The average molecular weight is 459 g/mol. The molecule has 9 heteroatoms. The normalized spacial score (nSPS) is 11.6. The number of ether oxygens (including phenoxy) is 2. The fourth-order valence-electron chi connectivity index (χ4n) is 2.83. The molecule has 1 amide bonds. The van der Waals surface area contributed by atoms with E-state index >= 15 is 0 Å². The molecule has 1 N–H and O–H groups in total. The number of benzene rings is 2. The molecule has 0 aliphatic carbocycles. The topological polar surface area (TPSA) is 78.3 Å². The van der Waals surface area contributed by atoms with E-state index in [1.165, 1.54) is 11.8 Å². The Morgan fingerprint density at radius 2 is 2.03 bits per heavy atom. The van der Waals surface area contributed by atoms with Gasteiger partial charge in [0.2, 0.25) is 5.91 Å². The maximum Gasteiger partial charge on any atom is 0.234 e. The molecular weight excluding hydrogens is 436 g/mol. The molecule has 0 bridgehead atoms. The minimum atomic E-state index is -0.366. The van der Waals surface area contributed by atoms with Crippen molar-refractivity contribution in [2.75, 3.05) is 18.2 Å². The van der Waals surface area contributed by atoms with Crippen LogP contribution in [0, 0.1) is 0 Å². The van der Waals surface area contributed by atoms with Crippen molar-refractivity contribution in [1.29, 1.82) is 0 Å². The first-order valence-corrected chi connectivity index (χ1v) is 10.9. The number of rotatable bonds is 10. The van der Waals surface area contributed by atoms with Gasteiger partial charge in [-0.15, -0.1) is 16.8 Å². The van der Waals surface area contributed by atoms with E-state index in [-0.39, 0.29) is 17.8 Å². The van der Waals surface area contributed by atoms with E-state index in [0.29, 0.717) is 39.7 Å². The van der Waals surface area contributed by atoms with Crippen LogP contribution < -0.4 is 14.8 Å². The van der Waals surface area contributed by atoms with E-state index in [9.17, 15) is 4.79 Å². The highest BCUT2D eigenvalue weighted by atomic mass is 35.5. The zero-order chi connectivity index (χ0) is 22.2. The lowest BCUT2D eigenvalue weighted by Crippen LogP contribution is -2.15. The smallest absolute Gasteiger partial charge is 0.234 e. The molecule has 31 heavy (non-hydrogen) atoms. The van der Waals surface area contributed by atoms with Crippen molar-refractivity contribution in [3.05, 3.63) is 72.0 Å². The first-order valence-electron chi connectivity index (χ1n) is 9.53. The van der Waals surface area contributed by atoms with E-state index < -0.39 is 0 Å². The first-order chi connectivity index (χ1) is 15.0. The number of carbonyl (C=O) groups is 1. The number of thioether (sulfide) groups is 1. The van der Waals surface area contributed by atoms with Gasteiger partial charge in [0.1, 0.15) is 11.5 Å². The van der Waals surface area contributed by atoms with Crippen LogP contribution in [-0.2, 0) is 11.3 Å². The van der Waals surface area contributed by atoms with Gasteiger partial charge in [-0.1, -0.05) is 41.6 Å². The number of carbonyl (C=O) groups excluding carboxylic acids is 1. The highest BCUT2D eigenvalue weighted by molar-refractivity contribution is 7.99. The average Bonchev–Trinajstić information content (AvgIpc) is 3.15. The Morgan fingerprint density at radius 1 is 1.26 bits per heavy atom. The number of hydrogen-bond donors (Lipinski definition) is 1. The number of hydrogen-bond acceptors (Lipinski definition) is 6. The number of aromatic nitrogens is 3. The van der Waals surface area contributed by atoms with Crippen LogP contribution in [0.25, 0.3) is 0 Å². The number of nitrogens with zero attached hydrogens (tertiary/aromatic N) is 3. The monoisotopic (exact) mass is 458 g/mol. The van der Waals surface area contributed by atoms with Gasteiger partial charge in [-0.25, -0.2) is 0 Å². The Kier molecular flexibility index (Phi) is 7.97. The molecule has 7 nitrogen and oxygen atoms in total. The lowest BCUT2D eigenvalue weighted by Gasteiger charge is -2.16. The van der Waals surface area contributed by atoms with Gasteiger partial charge < -0.3 is 14.8 Å². The summed E-state index contributed by atoms with van der Waals surface area (Å²) < 4.78 is 13.1. The molecule has 162 valence electrons. The Bertz CT molecular complexity index is 1060. The maximum absolute atomic E-state index is 12.3. The molecule has 1 unspecified atom stereocenters. The van der Waals surface area contributed by atoms with Crippen molar-refractivity contribution in [3.8, 4) is 11.5 Å². The molecule has 0 saturated heterocycles. The third-order valence-electron chi connectivity index (χ3n) is 4.22. The van der Waals surface area contributed by atoms with Crippen molar-refractivity contribution in [3.63, 3.8) is 0 Å². The predicted octanol–water partition coefficient (Wildman–Crippen LogP) is 5.00. The van der Waals surface area contributed by atoms with Crippen molar-refractivity contribution in [1.82, 2.24) is 14.8 Å². The molecular formula is C22H23ClN4O3S. The second-order valence-electron chi connectivity index (χ2n) is 6.53. The highest BCUT2D eigenvalue weighted by Gasteiger charge is 2.20. The molecule has 0 aliphatic heterocycles. The van der Waals surface area contributed by atoms with Gasteiger partial charge in [0.05, 0.1) is 12.9 Å². The molecule has 1 heterocycles. The summed E-state index contributed by atoms with van der Waals surface area (Å²) in [5.74, 6) is 2.02. The minimum absolute atomic E-state index is 0.164. The number of allylic oxidation sites excluding steroid dienone is 1. The van der Waals surface area contributed by atoms with E-state index in [2.05, 4.69) is 22.1 Å². The van der Waals surface area contributed by atoms with Gasteiger partial charge in [0.15, 0.2) is 17.1 Å². The van der Waals surface area contributed by atoms with Crippen LogP contribution in [0.1, 0.15) is 18.9 Å². The Balaban J connectivity index is 1.67. The number of amides is 1. The standard InChI is InChI=1S/C22H23ClN4O3S/c1-4-11-27-21(15(2)30-19-10-6-9-18(13-19)29-3)25-26-22(27)31-14-20(28)24-17-8-5-7-16(23)12-17/h4-10,12-13,15H,1,11,14H2,2-3H3,(H,24,28). The van der Waals surface area contributed by atoms with E-state index in [4.69, 9.17) is 21.1 Å². The summed E-state index contributed by atoms with van der Waals surface area (Å²) >= 11 is 7.25. The van der Waals surface area contributed by atoms with Gasteiger partial charge in [0, 0.05) is 23.3 Å². The quantitative estimate of drug-likeness (QED) is 0.340. The van der Waals surface area contributed by atoms with Gasteiger partial charge in [-0.3, -0.25) is 9.36 Å². The number of methoxy groups -OCH3 is 1. The lowest BCUT2D eigenvalue weighted by atomic mass is 10.3. The molecule has 0 fully saturated rings. The van der Waals surface area contributed by atoms with Crippen molar-refractivity contribution in [2.45, 2.75) is 24.7 Å². The van der Waals surface area contributed by atoms with Crippen LogP contribution in [0.4, 0.5) is 5.69 Å². The van der Waals surface area contributed by atoms with E-state index in [1.54, 1.807) is 43.5 Å². The largest absolute Gasteiger partial charge is 0.497 e. The van der Waals surface area contributed by atoms with E-state index in [1.807, 2.05) is 29.7 Å².